The van der Waals surface area contributed by atoms with E-state index in [-0.39, 0.29) is 6.61 Å². The molecular weight excluding hydrogens is 263 g/mol. The number of carboxylic acid groups (broad SMARTS) is 1. The van der Waals surface area contributed by atoms with Crippen molar-refractivity contribution in [1.29, 1.82) is 0 Å². The number of carbonyl (C=O) groups is 1. The third-order valence-electron chi connectivity index (χ3n) is 3.59. The summed E-state index contributed by atoms with van der Waals surface area (Å²) in [6, 6.07) is 0. The lowest BCUT2D eigenvalue weighted by Gasteiger charge is -2.23. The van der Waals surface area contributed by atoms with Crippen LogP contribution in [0.2, 0.25) is 0 Å². The second-order valence-corrected chi connectivity index (χ2v) is 4.99. The highest BCUT2D eigenvalue weighted by molar-refractivity contribution is 5.75. The molecule has 1 heterocycles. The number of hydrogen-bond donors (Lipinski definition) is 1. The molecule has 1 N–H and O–H groups in total. The molecule has 0 aliphatic carbocycles. The van der Waals surface area contributed by atoms with Gasteiger partial charge in [0.05, 0.1) is 5.41 Å². The van der Waals surface area contributed by atoms with Crippen molar-refractivity contribution in [3.8, 4) is 0 Å². The van der Waals surface area contributed by atoms with Gasteiger partial charge in [-0.3, -0.25) is 4.79 Å². The molecule has 4 nitrogen and oxygen atoms in total. The quantitative estimate of drug-likeness (QED) is 0.727. The van der Waals surface area contributed by atoms with Crippen LogP contribution in [0.1, 0.15) is 26.2 Å². The normalized spacial score (nSPS) is 24.8. The summed E-state index contributed by atoms with van der Waals surface area (Å²) in [5.74, 6) is -0.786. The summed E-state index contributed by atoms with van der Waals surface area (Å²) < 4.78 is 40.0. The van der Waals surface area contributed by atoms with Gasteiger partial charge in [-0.2, -0.15) is 13.2 Å². The lowest BCUT2D eigenvalue weighted by Crippen LogP contribution is -2.34. The average Bonchev–Trinajstić information content (AvgIpc) is 2.72. The van der Waals surface area contributed by atoms with Crippen molar-refractivity contribution in [3.05, 3.63) is 0 Å². The molecule has 0 aromatic rings. The SMILES string of the molecule is CCC1(C(=O)O)CCN(CCCOCC(F)(F)F)C1. The van der Waals surface area contributed by atoms with Gasteiger partial charge in [0.1, 0.15) is 6.61 Å². The number of carboxylic acids is 1. The minimum atomic E-state index is -4.28. The minimum Gasteiger partial charge on any atom is -0.481 e. The summed E-state index contributed by atoms with van der Waals surface area (Å²) in [5, 5.41) is 9.20. The molecule has 1 aliphatic heterocycles. The highest BCUT2D eigenvalue weighted by Crippen LogP contribution is 2.34. The van der Waals surface area contributed by atoms with E-state index in [9.17, 15) is 23.1 Å². The number of nitrogens with zero attached hydrogens (tertiary/aromatic N) is 1. The minimum absolute atomic E-state index is 0.0439. The number of halogens is 3. The molecule has 1 fully saturated rings. The maximum absolute atomic E-state index is 11.8. The van der Waals surface area contributed by atoms with Gasteiger partial charge in [-0.15, -0.1) is 0 Å². The van der Waals surface area contributed by atoms with E-state index in [1.54, 1.807) is 0 Å². The topological polar surface area (TPSA) is 49.8 Å². The maximum Gasteiger partial charge on any atom is 0.411 e. The van der Waals surface area contributed by atoms with Gasteiger partial charge < -0.3 is 14.7 Å². The molecule has 0 bridgehead atoms. The number of hydrogen-bond acceptors (Lipinski definition) is 3. The summed E-state index contributed by atoms with van der Waals surface area (Å²) in [5.41, 5.74) is -0.688. The van der Waals surface area contributed by atoms with Crippen LogP contribution in [0.5, 0.6) is 0 Å². The second kappa shape index (κ2) is 6.56. The fourth-order valence-corrected chi connectivity index (χ4v) is 2.34. The largest absolute Gasteiger partial charge is 0.481 e. The summed E-state index contributed by atoms with van der Waals surface area (Å²) >= 11 is 0. The zero-order chi connectivity index (χ0) is 14.5. The third kappa shape index (κ3) is 4.99. The molecule has 1 unspecified atom stereocenters. The standard InChI is InChI=1S/C12H20F3NO3/c1-2-11(10(17)18)4-6-16(8-11)5-3-7-19-9-12(13,14)15/h2-9H2,1H3,(H,17,18). The van der Waals surface area contributed by atoms with E-state index in [4.69, 9.17) is 0 Å². The zero-order valence-electron chi connectivity index (χ0n) is 11.0. The molecule has 0 spiro atoms. The molecule has 0 radical (unpaired) electrons. The molecule has 0 aromatic heterocycles. The number of ether oxygens (including phenoxy) is 1. The fourth-order valence-electron chi connectivity index (χ4n) is 2.34. The van der Waals surface area contributed by atoms with Gasteiger partial charge in [-0.05, 0) is 25.8 Å². The smallest absolute Gasteiger partial charge is 0.411 e. The molecule has 1 saturated heterocycles. The van der Waals surface area contributed by atoms with E-state index in [1.807, 2.05) is 11.8 Å². The molecule has 0 amide bonds. The summed E-state index contributed by atoms with van der Waals surface area (Å²) in [6.45, 7) is 2.40. The highest BCUT2D eigenvalue weighted by Gasteiger charge is 2.42. The predicted octanol–water partition coefficient (Wildman–Crippen LogP) is 2.14. The maximum atomic E-state index is 11.8. The molecular formula is C12H20F3NO3. The first kappa shape index (κ1) is 16.2. The van der Waals surface area contributed by atoms with Crippen molar-refractivity contribution in [1.82, 2.24) is 4.90 Å². The van der Waals surface area contributed by atoms with Crippen molar-refractivity contribution >= 4 is 5.97 Å². The van der Waals surface area contributed by atoms with Gasteiger partial charge in [0.2, 0.25) is 0 Å². The first-order chi connectivity index (χ1) is 8.79. The Balaban J connectivity index is 2.21. The van der Waals surface area contributed by atoms with Gasteiger partial charge in [0, 0.05) is 19.7 Å². The summed E-state index contributed by atoms with van der Waals surface area (Å²) in [4.78, 5) is 13.2. The van der Waals surface area contributed by atoms with Gasteiger partial charge in [0.25, 0.3) is 0 Å². The summed E-state index contributed by atoms with van der Waals surface area (Å²) in [6.07, 6.45) is -2.63. The van der Waals surface area contributed by atoms with Crippen molar-refractivity contribution in [2.45, 2.75) is 32.4 Å². The van der Waals surface area contributed by atoms with Crippen LogP contribution in [0.25, 0.3) is 0 Å². The van der Waals surface area contributed by atoms with Gasteiger partial charge in [-0.1, -0.05) is 6.92 Å². The number of aliphatic carboxylic acids is 1. The number of rotatable bonds is 7. The Labute approximate surface area is 110 Å². The van der Waals surface area contributed by atoms with Crippen LogP contribution >= 0.6 is 0 Å². The molecule has 0 saturated carbocycles. The Kier molecular flexibility index (Phi) is 5.61. The van der Waals surface area contributed by atoms with E-state index in [2.05, 4.69) is 4.74 Å². The first-order valence-electron chi connectivity index (χ1n) is 6.39. The Morgan fingerprint density at radius 1 is 1.47 bits per heavy atom. The Morgan fingerprint density at radius 2 is 2.16 bits per heavy atom. The van der Waals surface area contributed by atoms with Crippen molar-refractivity contribution in [2.75, 3.05) is 32.8 Å². The Hall–Kier alpha value is -0.820. The van der Waals surface area contributed by atoms with E-state index < -0.39 is 24.2 Å². The van der Waals surface area contributed by atoms with Crippen LogP contribution < -0.4 is 0 Å². The number of likely N-dealkylation sites (tertiary alicyclic amines) is 1. The molecule has 7 heteroatoms. The van der Waals surface area contributed by atoms with Gasteiger partial charge >= 0.3 is 12.1 Å². The van der Waals surface area contributed by atoms with E-state index in [0.29, 0.717) is 38.9 Å². The van der Waals surface area contributed by atoms with E-state index >= 15 is 0 Å². The lowest BCUT2D eigenvalue weighted by molar-refractivity contribution is -0.174. The van der Waals surface area contributed by atoms with E-state index in [0.717, 1.165) is 0 Å². The zero-order valence-corrected chi connectivity index (χ0v) is 11.0. The van der Waals surface area contributed by atoms with Gasteiger partial charge in [-0.25, -0.2) is 0 Å². The Morgan fingerprint density at radius 3 is 2.63 bits per heavy atom. The third-order valence-corrected chi connectivity index (χ3v) is 3.59. The first-order valence-corrected chi connectivity index (χ1v) is 6.39. The van der Waals surface area contributed by atoms with Crippen LogP contribution in [0, 0.1) is 5.41 Å². The van der Waals surface area contributed by atoms with Crippen LogP contribution in [-0.4, -0.2) is 55.0 Å². The van der Waals surface area contributed by atoms with Crippen LogP contribution in [-0.2, 0) is 9.53 Å². The predicted molar refractivity (Wildman–Crippen MR) is 62.9 cm³/mol. The summed E-state index contributed by atoms with van der Waals surface area (Å²) in [7, 11) is 0. The van der Waals surface area contributed by atoms with Gasteiger partial charge in [0.15, 0.2) is 0 Å². The monoisotopic (exact) mass is 283 g/mol. The average molecular weight is 283 g/mol. The van der Waals surface area contributed by atoms with Crippen LogP contribution in [0.15, 0.2) is 0 Å². The fraction of sp³-hybridized carbons (Fsp3) is 0.917. The van der Waals surface area contributed by atoms with Crippen LogP contribution in [0.3, 0.4) is 0 Å². The molecule has 1 atom stereocenters. The molecule has 1 aliphatic rings. The van der Waals surface area contributed by atoms with Crippen molar-refractivity contribution < 1.29 is 27.8 Å². The second-order valence-electron chi connectivity index (χ2n) is 4.99. The van der Waals surface area contributed by atoms with E-state index in [1.165, 1.54) is 0 Å². The molecule has 112 valence electrons. The Bertz CT molecular complexity index is 309. The molecule has 19 heavy (non-hydrogen) atoms. The molecule has 1 rings (SSSR count). The highest BCUT2D eigenvalue weighted by atomic mass is 19.4. The van der Waals surface area contributed by atoms with Crippen LogP contribution in [0.4, 0.5) is 13.2 Å². The molecule has 0 aromatic carbocycles. The van der Waals surface area contributed by atoms with Crippen molar-refractivity contribution in [2.24, 2.45) is 5.41 Å². The lowest BCUT2D eigenvalue weighted by atomic mass is 9.84. The van der Waals surface area contributed by atoms with Crippen molar-refractivity contribution in [3.63, 3.8) is 0 Å². The number of alkyl halides is 3.